The lowest BCUT2D eigenvalue weighted by Crippen LogP contribution is -2.42. The lowest BCUT2D eigenvalue weighted by molar-refractivity contribution is -0.135. The number of carbonyl (C=O) groups is 3. The van der Waals surface area contributed by atoms with Crippen LogP contribution in [0.2, 0.25) is 0 Å². The molecule has 1 aromatic heterocycles. The highest BCUT2D eigenvalue weighted by Gasteiger charge is 2.40. The van der Waals surface area contributed by atoms with Gasteiger partial charge in [-0.15, -0.1) is 0 Å². The minimum atomic E-state index is -0.774. The van der Waals surface area contributed by atoms with Crippen LogP contribution in [0, 0.1) is 0 Å². The van der Waals surface area contributed by atoms with Gasteiger partial charge in [0.2, 0.25) is 5.91 Å². The molecule has 0 unspecified atom stereocenters. The summed E-state index contributed by atoms with van der Waals surface area (Å²) in [6.07, 6.45) is 1.51. The van der Waals surface area contributed by atoms with Crippen LogP contribution in [0.4, 0.5) is 4.79 Å². The predicted octanol–water partition coefficient (Wildman–Crippen LogP) is 0.665. The third-order valence-electron chi connectivity index (χ3n) is 3.74. The fraction of sp³-hybridized carbons (Fsp3) is 0.500. The molecule has 0 saturated carbocycles. The first-order chi connectivity index (χ1) is 10.6. The van der Waals surface area contributed by atoms with Gasteiger partial charge in [0.15, 0.2) is 0 Å². The second-order valence-electron chi connectivity index (χ2n) is 5.20. The molecule has 0 spiro atoms. The molecular formula is C14H17N3O4S. The Balaban J connectivity index is 1.59. The minimum absolute atomic E-state index is 0.0178. The van der Waals surface area contributed by atoms with Gasteiger partial charge in [0.1, 0.15) is 11.8 Å². The van der Waals surface area contributed by atoms with E-state index in [0.29, 0.717) is 18.8 Å². The molecule has 2 saturated heterocycles. The van der Waals surface area contributed by atoms with Crippen LogP contribution in [0.15, 0.2) is 22.8 Å². The molecule has 118 valence electrons. The first kappa shape index (κ1) is 15.0. The van der Waals surface area contributed by atoms with E-state index in [0.717, 1.165) is 16.4 Å². The zero-order chi connectivity index (χ0) is 15.5. The third kappa shape index (κ3) is 3.11. The number of hydrogen-bond acceptors (Lipinski definition) is 5. The van der Waals surface area contributed by atoms with Crippen molar-refractivity contribution in [3.05, 3.63) is 24.2 Å². The summed E-state index contributed by atoms with van der Waals surface area (Å²) in [4.78, 5) is 39.2. The summed E-state index contributed by atoms with van der Waals surface area (Å²) in [5.41, 5.74) is 0. The number of hydrogen-bond donors (Lipinski definition) is 1. The smallest absolute Gasteiger partial charge is 0.325 e. The van der Waals surface area contributed by atoms with Crippen LogP contribution in [0.25, 0.3) is 0 Å². The van der Waals surface area contributed by atoms with E-state index in [9.17, 15) is 14.4 Å². The Bertz CT molecular complexity index is 569. The van der Waals surface area contributed by atoms with Gasteiger partial charge in [0, 0.05) is 24.6 Å². The van der Waals surface area contributed by atoms with Crippen LogP contribution in [0.1, 0.15) is 12.2 Å². The van der Waals surface area contributed by atoms with Crippen LogP contribution < -0.4 is 5.32 Å². The van der Waals surface area contributed by atoms with E-state index in [2.05, 4.69) is 5.32 Å². The summed E-state index contributed by atoms with van der Waals surface area (Å²) in [6, 6.07) is 2.14. The Morgan fingerprint density at radius 2 is 2.14 bits per heavy atom. The van der Waals surface area contributed by atoms with Gasteiger partial charge in [-0.1, -0.05) is 0 Å². The molecule has 3 heterocycles. The first-order valence-corrected chi connectivity index (χ1v) is 8.30. The molecule has 1 aromatic rings. The predicted molar refractivity (Wildman–Crippen MR) is 80.1 cm³/mol. The molecule has 1 atom stereocenters. The van der Waals surface area contributed by atoms with E-state index >= 15 is 0 Å². The van der Waals surface area contributed by atoms with Gasteiger partial charge in [-0.25, -0.2) is 4.79 Å². The Hall–Kier alpha value is -1.96. The summed E-state index contributed by atoms with van der Waals surface area (Å²) < 4.78 is 5.15. The van der Waals surface area contributed by atoms with E-state index in [-0.39, 0.29) is 24.8 Å². The van der Waals surface area contributed by atoms with E-state index < -0.39 is 12.1 Å². The molecule has 0 aliphatic carbocycles. The van der Waals surface area contributed by atoms with Gasteiger partial charge in [0.25, 0.3) is 5.91 Å². The molecule has 2 fully saturated rings. The van der Waals surface area contributed by atoms with Gasteiger partial charge in [-0.2, -0.15) is 11.8 Å². The molecule has 1 N–H and O–H groups in total. The van der Waals surface area contributed by atoms with E-state index in [4.69, 9.17) is 4.42 Å². The molecule has 0 bridgehead atoms. The van der Waals surface area contributed by atoms with Gasteiger partial charge >= 0.3 is 6.03 Å². The average molecular weight is 323 g/mol. The summed E-state index contributed by atoms with van der Waals surface area (Å²) in [6.45, 7) is 1.49. The molecule has 8 heteroatoms. The lowest BCUT2D eigenvalue weighted by atomic mass is 10.2. The quantitative estimate of drug-likeness (QED) is 0.823. The number of furan rings is 1. The standard InChI is InChI=1S/C14H17N3O4S/c18-12(16-3-6-22-7-4-16)8-11-13(19)17(14(20)15-11)9-10-2-1-5-21-10/h1-2,5,11H,3-4,6-9H2,(H,15,20)/t11-/m0/s1. The lowest BCUT2D eigenvalue weighted by Gasteiger charge is -2.27. The average Bonchev–Trinajstić information content (AvgIpc) is 3.13. The van der Waals surface area contributed by atoms with Crippen LogP contribution in [-0.4, -0.2) is 58.3 Å². The number of urea groups is 1. The zero-order valence-corrected chi connectivity index (χ0v) is 12.8. The number of carbonyl (C=O) groups excluding carboxylic acids is 3. The van der Waals surface area contributed by atoms with Crippen molar-refractivity contribution in [1.82, 2.24) is 15.1 Å². The highest BCUT2D eigenvalue weighted by molar-refractivity contribution is 7.99. The van der Waals surface area contributed by atoms with Gasteiger partial charge < -0.3 is 14.6 Å². The molecule has 3 rings (SSSR count). The zero-order valence-electron chi connectivity index (χ0n) is 12.0. The van der Waals surface area contributed by atoms with Crippen molar-refractivity contribution in [2.45, 2.75) is 19.0 Å². The van der Waals surface area contributed by atoms with Gasteiger partial charge in [-0.3, -0.25) is 14.5 Å². The van der Waals surface area contributed by atoms with Crippen molar-refractivity contribution < 1.29 is 18.8 Å². The largest absolute Gasteiger partial charge is 0.467 e. The van der Waals surface area contributed by atoms with Crippen molar-refractivity contribution in [3.63, 3.8) is 0 Å². The first-order valence-electron chi connectivity index (χ1n) is 7.15. The molecule has 0 aromatic carbocycles. The molecule has 0 radical (unpaired) electrons. The maximum Gasteiger partial charge on any atom is 0.325 e. The maximum atomic E-state index is 12.3. The van der Waals surface area contributed by atoms with Crippen LogP contribution in [0.5, 0.6) is 0 Å². The monoisotopic (exact) mass is 323 g/mol. The summed E-state index contributed by atoms with van der Waals surface area (Å²) in [5.74, 6) is 1.91. The third-order valence-corrected chi connectivity index (χ3v) is 4.69. The molecule has 2 aliphatic rings. The Labute approximate surface area is 132 Å². The fourth-order valence-corrected chi connectivity index (χ4v) is 3.44. The summed E-state index contributed by atoms with van der Waals surface area (Å²) in [5, 5.41) is 2.58. The summed E-state index contributed by atoms with van der Waals surface area (Å²) >= 11 is 1.81. The van der Waals surface area contributed by atoms with Crippen molar-refractivity contribution in [1.29, 1.82) is 0 Å². The van der Waals surface area contributed by atoms with E-state index in [1.165, 1.54) is 6.26 Å². The second-order valence-corrected chi connectivity index (χ2v) is 6.43. The minimum Gasteiger partial charge on any atom is -0.467 e. The van der Waals surface area contributed by atoms with Gasteiger partial charge in [-0.05, 0) is 12.1 Å². The molecule has 4 amide bonds. The number of amides is 4. The summed E-state index contributed by atoms with van der Waals surface area (Å²) in [7, 11) is 0. The number of imide groups is 1. The fourth-order valence-electron chi connectivity index (χ4n) is 2.54. The van der Waals surface area contributed by atoms with E-state index in [1.54, 1.807) is 17.0 Å². The number of nitrogens with zero attached hydrogens (tertiary/aromatic N) is 2. The van der Waals surface area contributed by atoms with Crippen molar-refractivity contribution in [3.8, 4) is 0 Å². The molecular weight excluding hydrogens is 306 g/mol. The normalized spacial score (nSPS) is 22.1. The van der Waals surface area contributed by atoms with E-state index in [1.807, 2.05) is 11.8 Å². The Morgan fingerprint density at radius 3 is 2.82 bits per heavy atom. The Kier molecular flexibility index (Phi) is 4.37. The van der Waals surface area contributed by atoms with Crippen molar-refractivity contribution in [2.24, 2.45) is 0 Å². The second kappa shape index (κ2) is 6.43. The number of thioether (sulfide) groups is 1. The van der Waals surface area contributed by atoms with Crippen LogP contribution >= 0.6 is 11.8 Å². The van der Waals surface area contributed by atoms with Gasteiger partial charge in [0.05, 0.1) is 19.2 Å². The maximum absolute atomic E-state index is 12.3. The SMILES string of the molecule is O=C(C[C@@H]1NC(=O)N(Cc2ccco2)C1=O)N1CCSCC1. The molecule has 2 aliphatic heterocycles. The van der Waals surface area contributed by atoms with Crippen LogP contribution in [0.3, 0.4) is 0 Å². The molecule has 22 heavy (non-hydrogen) atoms. The topological polar surface area (TPSA) is 82.9 Å². The highest BCUT2D eigenvalue weighted by Crippen LogP contribution is 2.16. The van der Waals surface area contributed by atoms with Crippen molar-refractivity contribution in [2.75, 3.05) is 24.6 Å². The molecule has 7 nitrogen and oxygen atoms in total. The number of nitrogens with one attached hydrogen (secondary N) is 1. The number of rotatable bonds is 4. The van der Waals surface area contributed by atoms with Crippen LogP contribution in [-0.2, 0) is 16.1 Å². The highest BCUT2D eigenvalue weighted by atomic mass is 32.2. The Morgan fingerprint density at radius 1 is 1.36 bits per heavy atom. The van der Waals surface area contributed by atoms with Crippen molar-refractivity contribution >= 4 is 29.6 Å².